The van der Waals surface area contributed by atoms with Crippen LogP contribution < -0.4 is 10.1 Å². The molecular weight excluding hydrogens is 406 g/mol. The van der Waals surface area contributed by atoms with Crippen LogP contribution in [0.3, 0.4) is 0 Å². The summed E-state index contributed by atoms with van der Waals surface area (Å²) in [5.41, 5.74) is 3.04. The normalized spacial score (nSPS) is 35.1. The first-order valence-electron chi connectivity index (χ1n) is 12.0. The minimum atomic E-state index is -0.118. The molecule has 32 heavy (non-hydrogen) atoms. The molecule has 1 aromatic carbocycles. The second-order valence-electron chi connectivity index (χ2n) is 10.4. The molecule has 3 fully saturated rings. The molecule has 7 nitrogen and oxygen atoms in total. The van der Waals surface area contributed by atoms with Crippen LogP contribution in [0.1, 0.15) is 39.5 Å². The monoisotopic (exact) mass is 440 g/mol. The molecule has 2 saturated heterocycles. The van der Waals surface area contributed by atoms with E-state index in [1.54, 1.807) is 17.7 Å². The molecule has 0 spiro atoms. The fourth-order valence-corrected chi connectivity index (χ4v) is 6.52. The predicted octanol–water partition coefficient (Wildman–Crippen LogP) is 3.82. The number of carbonyl (C=O) groups is 1. The van der Waals surface area contributed by atoms with Crippen molar-refractivity contribution in [3.8, 4) is 0 Å². The Balaban J connectivity index is 1.23. The molecular formula is C25H34N3O4-. The number of anilines is 2. The van der Waals surface area contributed by atoms with Gasteiger partial charge in [-0.25, -0.2) is 0 Å². The van der Waals surface area contributed by atoms with E-state index in [9.17, 15) is 10.0 Å². The smallest absolute Gasteiger partial charge is 0.311 e. The number of rotatable bonds is 4. The van der Waals surface area contributed by atoms with Crippen LogP contribution in [0.5, 0.6) is 0 Å². The van der Waals surface area contributed by atoms with Crippen molar-refractivity contribution < 1.29 is 14.7 Å². The number of esters is 1. The van der Waals surface area contributed by atoms with E-state index in [1.807, 2.05) is 12.1 Å². The van der Waals surface area contributed by atoms with Crippen LogP contribution >= 0.6 is 0 Å². The highest BCUT2D eigenvalue weighted by atomic mass is 16.8. The number of nitrogens with zero attached hydrogens (tertiary/aromatic N) is 3. The van der Waals surface area contributed by atoms with Crippen molar-refractivity contribution in [2.75, 3.05) is 42.9 Å². The quantitative estimate of drug-likeness (QED) is 0.433. The van der Waals surface area contributed by atoms with Crippen LogP contribution in [0.25, 0.3) is 0 Å². The number of hydrogen-bond donors (Lipinski definition) is 1. The predicted molar refractivity (Wildman–Crippen MR) is 123 cm³/mol. The Bertz CT molecular complexity index is 878. The number of fused-ring (bicyclic) bond motifs is 2. The second-order valence-corrected chi connectivity index (χ2v) is 10.4. The minimum absolute atomic E-state index is 0.0176. The number of ether oxygens (including phenoxy) is 1. The zero-order chi connectivity index (χ0) is 22.5. The van der Waals surface area contributed by atoms with Crippen LogP contribution in [0.15, 0.2) is 35.9 Å². The van der Waals surface area contributed by atoms with Gasteiger partial charge in [0.2, 0.25) is 0 Å². The zero-order valence-electron chi connectivity index (χ0n) is 19.1. The molecule has 7 heteroatoms. The molecule has 2 aliphatic carbocycles. The highest BCUT2D eigenvalue weighted by Crippen LogP contribution is 2.54. The van der Waals surface area contributed by atoms with Crippen LogP contribution in [-0.2, 0) is 9.53 Å². The molecule has 5 rings (SSSR count). The van der Waals surface area contributed by atoms with Gasteiger partial charge in [-0.1, -0.05) is 31.9 Å². The van der Waals surface area contributed by atoms with E-state index in [2.05, 4.69) is 29.7 Å². The van der Waals surface area contributed by atoms with Crippen molar-refractivity contribution in [1.29, 1.82) is 0 Å². The molecule has 0 bridgehead atoms. The van der Waals surface area contributed by atoms with Gasteiger partial charge in [0, 0.05) is 44.3 Å². The molecule has 0 radical (unpaired) electrons. The van der Waals surface area contributed by atoms with Crippen LogP contribution in [0.4, 0.5) is 11.4 Å². The Morgan fingerprint density at radius 1 is 1.22 bits per heavy atom. The van der Waals surface area contributed by atoms with Gasteiger partial charge >= 0.3 is 5.97 Å². The SMILES string of the molecule is C[C@@H]1CCC[C@@]2(C)C[C@H]3OC(=O)[C@H](CN4CCN(c5ccc(N([O-])O)cc5)CC4)[C@@H]3C=C12. The standard InChI is InChI=1S/C25H34N3O4/c1-17-4-3-9-25(2)15-23-20(14-22(17)25)21(24(29)32-23)16-26-10-12-27(13-11-26)18-5-7-19(8-6-18)28(30)31/h5-8,14,17,20-21,23,30H,3-4,9-13,15-16H2,1-2H3/q-1/t17-,20+,21-,23-,25+/m1/s1. The number of allylic oxidation sites excluding steroid dienone is 1. The van der Waals surface area contributed by atoms with Gasteiger partial charge in [0.05, 0.1) is 11.6 Å². The molecule has 1 saturated carbocycles. The van der Waals surface area contributed by atoms with Gasteiger partial charge in [-0.05, 0) is 54.9 Å². The van der Waals surface area contributed by atoms with Gasteiger partial charge in [0.15, 0.2) is 0 Å². The lowest BCUT2D eigenvalue weighted by Crippen LogP contribution is -2.49. The summed E-state index contributed by atoms with van der Waals surface area (Å²) in [6, 6.07) is 6.98. The lowest BCUT2D eigenvalue weighted by molar-refractivity contribution is -0.145. The van der Waals surface area contributed by atoms with Crippen molar-refractivity contribution in [3.63, 3.8) is 0 Å². The summed E-state index contributed by atoms with van der Waals surface area (Å²) in [5.74, 6) is 0.742. The average Bonchev–Trinajstić information content (AvgIpc) is 3.06. The first kappa shape index (κ1) is 21.7. The Labute approximate surface area is 190 Å². The Kier molecular flexibility index (Phi) is 5.68. The largest absolute Gasteiger partial charge is 0.733 e. The molecule has 1 N–H and O–H groups in total. The minimum Gasteiger partial charge on any atom is -0.733 e. The van der Waals surface area contributed by atoms with Gasteiger partial charge in [-0.2, -0.15) is 0 Å². The first-order valence-corrected chi connectivity index (χ1v) is 12.0. The Morgan fingerprint density at radius 3 is 2.62 bits per heavy atom. The van der Waals surface area contributed by atoms with Gasteiger partial charge < -0.3 is 20.1 Å². The molecule has 5 atom stereocenters. The van der Waals surface area contributed by atoms with E-state index in [4.69, 9.17) is 9.94 Å². The van der Waals surface area contributed by atoms with Crippen LogP contribution in [-0.4, -0.2) is 54.9 Å². The maximum absolute atomic E-state index is 12.8. The fourth-order valence-electron chi connectivity index (χ4n) is 6.52. The van der Waals surface area contributed by atoms with Crippen molar-refractivity contribution in [2.24, 2.45) is 23.2 Å². The summed E-state index contributed by atoms with van der Waals surface area (Å²) in [6.45, 7) is 8.99. The second kappa shape index (κ2) is 8.36. The van der Waals surface area contributed by atoms with Crippen molar-refractivity contribution in [3.05, 3.63) is 41.1 Å². The van der Waals surface area contributed by atoms with Crippen molar-refractivity contribution in [2.45, 2.75) is 45.6 Å². The topological polar surface area (TPSA) is 79.3 Å². The van der Waals surface area contributed by atoms with Crippen molar-refractivity contribution >= 4 is 17.3 Å². The maximum atomic E-state index is 12.8. The molecule has 2 heterocycles. The van der Waals surface area contributed by atoms with E-state index < -0.39 is 0 Å². The summed E-state index contributed by atoms with van der Waals surface area (Å²) in [5, 5.41) is 19.9. The molecule has 0 unspecified atom stereocenters. The van der Waals surface area contributed by atoms with Crippen molar-refractivity contribution in [1.82, 2.24) is 4.90 Å². The molecule has 4 aliphatic rings. The highest BCUT2D eigenvalue weighted by molar-refractivity contribution is 5.76. The zero-order valence-corrected chi connectivity index (χ0v) is 19.1. The Hall–Kier alpha value is -2.09. The van der Waals surface area contributed by atoms with Gasteiger partial charge in [0.1, 0.15) is 6.10 Å². The number of carbonyl (C=O) groups excluding carboxylic acids is 1. The lowest BCUT2D eigenvalue weighted by atomic mass is 9.59. The third-order valence-electron chi connectivity index (χ3n) is 8.34. The van der Waals surface area contributed by atoms with Crippen LogP contribution in [0, 0.1) is 28.4 Å². The van der Waals surface area contributed by atoms with E-state index in [0.29, 0.717) is 5.92 Å². The van der Waals surface area contributed by atoms with Crippen LogP contribution in [0.2, 0.25) is 0 Å². The molecule has 0 aromatic heterocycles. The number of benzene rings is 1. The summed E-state index contributed by atoms with van der Waals surface area (Å²) >= 11 is 0. The van der Waals surface area contributed by atoms with E-state index in [1.165, 1.54) is 19.3 Å². The van der Waals surface area contributed by atoms with Gasteiger partial charge in [0.25, 0.3) is 0 Å². The third kappa shape index (κ3) is 3.91. The van der Waals surface area contributed by atoms with E-state index in [-0.39, 0.29) is 40.2 Å². The first-order chi connectivity index (χ1) is 15.3. The lowest BCUT2D eigenvalue weighted by Gasteiger charge is -2.46. The summed E-state index contributed by atoms with van der Waals surface area (Å²) < 4.78 is 5.92. The molecule has 2 aliphatic heterocycles. The molecule has 174 valence electrons. The summed E-state index contributed by atoms with van der Waals surface area (Å²) in [4.78, 5) is 17.5. The average molecular weight is 441 g/mol. The molecule has 0 amide bonds. The third-order valence-corrected chi connectivity index (χ3v) is 8.34. The van der Waals surface area contributed by atoms with Gasteiger partial charge in [-0.3, -0.25) is 14.9 Å². The number of hydrogen-bond acceptors (Lipinski definition) is 7. The Morgan fingerprint density at radius 2 is 1.94 bits per heavy atom. The maximum Gasteiger partial charge on any atom is 0.311 e. The fraction of sp³-hybridized carbons (Fsp3) is 0.640. The van der Waals surface area contributed by atoms with Gasteiger partial charge in [-0.15, -0.1) is 0 Å². The summed E-state index contributed by atoms with van der Waals surface area (Å²) in [7, 11) is 0. The molecule has 1 aromatic rings. The van der Waals surface area contributed by atoms with E-state index in [0.717, 1.165) is 44.8 Å². The van der Waals surface area contributed by atoms with E-state index >= 15 is 0 Å². The number of piperazine rings is 1. The highest BCUT2D eigenvalue weighted by Gasteiger charge is 2.52. The summed E-state index contributed by atoms with van der Waals surface area (Å²) in [6.07, 6.45) is 7.19.